The summed E-state index contributed by atoms with van der Waals surface area (Å²) in [5.74, 6) is 0.0861. The number of benzene rings is 2. The van der Waals surface area contributed by atoms with Crippen LogP contribution >= 0.6 is 0 Å². The number of fused-ring (bicyclic) bond motifs is 1. The zero-order valence-corrected chi connectivity index (χ0v) is 11.5. The quantitative estimate of drug-likeness (QED) is 0.822. The number of carbonyl (C=O) groups excluding carboxylic acids is 1. The molecule has 0 spiro atoms. The summed E-state index contributed by atoms with van der Waals surface area (Å²) in [6, 6.07) is 16.5. The van der Waals surface area contributed by atoms with Gasteiger partial charge >= 0.3 is 0 Å². The van der Waals surface area contributed by atoms with Crippen LogP contribution in [0, 0.1) is 6.92 Å². The van der Waals surface area contributed by atoms with Gasteiger partial charge in [-0.2, -0.15) is 0 Å². The third kappa shape index (κ3) is 2.52. The third-order valence-corrected chi connectivity index (χ3v) is 3.73. The Morgan fingerprint density at radius 1 is 1.05 bits per heavy atom. The molecule has 0 bridgehead atoms. The normalized spacial score (nSPS) is 18.2. The number of aryl methyl sites for hydroxylation is 1. The maximum Gasteiger partial charge on any atom is 0.224 e. The van der Waals surface area contributed by atoms with Crippen LogP contribution in [0.25, 0.3) is 0 Å². The molecular formula is C17H18N2O. The van der Waals surface area contributed by atoms with Crippen LogP contribution in [0.1, 0.15) is 30.0 Å². The van der Waals surface area contributed by atoms with Crippen molar-refractivity contribution in [3.05, 3.63) is 59.7 Å². The molecular weight excluding hydrogens is 248 g/mol. The Hall–Kier alpha value is -2.29. The lowest BCUT2D eigenvalue weighted by Gasteiger charge is -2.26. The lowest BCUT2D eigenvalue weighted by atomic mass is 9.99. The van der Waals surface area contributed by atoms with E-state index in [4.69, 9.17) is 0 Å². The lowest BCUT2D eigenvalue weighted by molar-refractivity contribution is -0.116. The van der Waals surface area contributed by atoms with E-state index in [1.165, 1.54) is 5.56 Å². The summed E-state index contributed by atoms with van der Waals surface area (Å²) in [5.41, 5.74) is 4.19. The van der Waals surface area contributed by atoms with Crippen LogP contribution in [0.4, 0.5) is 11.4 Å². The molecule has 0 aliphatic carbocycles. The van der Waals surface area contributed by atoms with Crippen LogP contribution in [0.15, 0.2) is 48.5 Å². The van der Waals surface area contributed by atoms with Gasteiger partial charge in [0.25, 0.3) is 0 Å². The largest absolute Gasteiger partial charge is 0.377 e. The molecule has 1 amide bonds. The van der Waals surface area contributed by atoms with Crippen molar-refractivity contribution in [2.75, 3.05) is 10.6 Å². The maximum atomic E-state index is 12.0. The van der Waals surface area contributed by atoms with Gasteiger partial charge in [0.1, 0.15) is 0 Å². The molecule has 0 radical (unpaired) electrons. The number of anilines is 2. The Morgan fingerprint density at radius 3 is 2.65 bits per heavy atom. The number of carbonyl (C=O) groups is 1. The van der Waals surface area contributed by atoms with E-state index in [1.54, 1.807) is 0 Å². The molecule has 3 nitrogen and oxygen atoms in total. The van der Waals surface area contributed by atoms with Crippen LogP contribution in [0.2, 0.25) is 0 Å². The average Bonchev–Trinajstić information content (AvgIpc) is 2.45. The van der Waals surface area contributed by atoms with Gasteiger partial charge in [0.05, 0.1) is 17.4 Å². The topological polar surface area (TPSA) is 41.1 Å². The summed E-state index contributed by atoms with van der Waals surface area (Å²) in [7, 11) is 0. The second-order valence-corrected chi connectivity index (χ2v) is 5.19. The van der Waals surface area contributed by atoms with Crippen LogP contribution in [-0.4, -0.2) is 5.91 Å². The molecule has 3 rings (SSSR count). The van der Waals surface area contributed by atoms with Crippen LogP contribution in [-0.2, 0) is 4.79 Å². The highest BCUT2D eigenvalue weighted by atomic mass is 16.1. The van der Waals surface area contributed by atoms with Gasteiger partial charge in [-0.25, -0.2) is 0 Å². The van der Waals surface area contributed by atoms with E-state index < -0.39 is 0 Å². The molecule has 3 heteroatoms. The molecule has 0 saturated heterocycles. The highest BCUT2D eigenvalue weighted by Gasteiger charge is 2.19. The van der Waals surface area contributed by atoms with E-state index in [0.717, 1.165) is 23.4 Å². The highest BCUT2D eigenvalue weighted by Crippen LogP contribution is 2.33. The van der Waals surface area contributed by atoms with Gasteiger partial charge in [0.2, 0.25) is 5.91 Å². The van der Waals surface area contributed by atoms with Gasteiger partial charge in [0.15, 0.2) is 0 Å². The molecule has 1 unspecified atom stereocenters. The predicted molar refractivity (Wildman–Crippen MR) is 81.8 cm³/mol. The van der Waals surface area contributed by atoms with Crippen molar-refractivity contribution >= 4 is 17.3 Å². The van der Waals surface area contributed by atoms with Gasteiger partial charge in [0, 0.05) is 6.42 Å². The van der Waals surface area contributed by atoms with E-state index in [2.05, 4.69) is 22.8 Å². The van der Waals surface area contributed by atoms with Gasteiger partial charge in [-0.15, -0.1) is 0 Å². The maximum absolute atomic E-state index is 12.0. The standard InChI is InChI=1S/C17H18N2O/c1-12-6-5-9-15-17(12)19-16(20)11-10-14(18-15)13-7-3-2-4-8-13/h2-9,14,18H,10-11H2,1H3,(H,19,20). The second kappa shape index (κ2) is 5.37. The number of amides is 1. The van der Waals surface area contributed by atoms with Crippen LogP contribution in [0.5, 0.6) is 0 Å². The average molecular weight is 266 g/mol. The summed E-state index contributed by atoms with van der Waals surface area (Å²) in [6.45, 7) is 2.01. The number of para-hydroxylation sites is 1. The van der Waals surface area contributed by atoms with Crippen molar-refractivity contribution in [1.29, 1.82) is 0 Å². The van der Waals surface area contributed by atoms with Gasteiger partial charge in [-0.1, -0.05) is 42.5 Å². The zero-order valence-electron chi connectivity index (χ0n) is 11.5. The molecule has 1 atom stereocenters. The van der Waals surface area contributed by atoms with Crippen molar-refractivity contribution in [2.24, 2.45) is 0 Å². The molecule has 1 heterocycles. The van der Waals surface area contributed by atoms with Gasteiger partial charge < -0.3 is 10.6 Å². The third-order valence-electron chi connectivity index (χ3n) is 3.73. The fourth-order valence-electron chi connectivity index (χ4n) is 2.63. The molecule has 2 aromatic rings. The first kappa shape index (κ1) is 12.7. The van der Waals surface area contributed by atoms with Crippen molar-refractivity contribution in [3.8, 4) is 0 Å². The molecule has 20 heavy (non-hydrogen) atoms. The second-order valence-electron chi connectivity index (χ2n) is 5.19. The molecule has 102 valence electrons. The summed E-state index contributed by atoms with van der Waals surface area (Å²) < 4.78 is 0. The fraction of sp³-hybridized carbons (Fsp3) is 0.235. The van der Waals surface area contributed by atoms with Gasteiger partial charge in [-0.05, 0) is 30.5 Å². The first-order valence-corrected chi connectivity index (χ1v) is 6.95. The summed E-state index contributed by atoms with van der Waals surface area (Å²) in [4.78, 5) is 12.0. The minimum Gasteiger partial charge on any atom is -0.377 e. The van der Waals surface area contributed by atoms with E-state index >= 15 is 0 Å². The van der Waals surface area contributed by atoms with E-state index in [0.29, 0.717) is 6.42 Å². The molecule has 2 aromatic carbocycles. The van der Waals surface area contributed by atoms with Crippen LogP contribution in [0.3, 0.4) is 0 Å². The minimum absolute atomic E-state index is 0.0861. The van der Waals surface area contributed by atoms with E-state index in [1.807, 2.05) is 43.3 Å². The SMILES string of the molecule is Cc1cccc2c1NC(=O)CCC(c1ccccc1)N2. The monoisotopic (exact) mass is 266 g/mol. The van der Waals surface area contributed by atoms with Crippen molar-refractivity contribution < 1.29 is 4.79 Å². The zero-order chi connectivity index (χ0) is 13.9. The Labute approximate surface area is 119 Å². The molecule has 1 aliphatic heterocycles. The van der Waals surface area contributed by atoms with Gasteiger partial charge in [-0.3, -0.25) is 4.79 Å². The smallest absolute Gasteiger partial charge is 0.224 e. The van der Waals surface area contributed by atoms with Crippen LogP contribution < -0.4 is 10.6 Å². The van der Waals surface area contributed by atoms with Crippen molar-refractivity contribution in [1.82, 2.24) is 0 Å². The summed E-state index contributed by atoms with van der Waals surface area (Å²) in [5, 5.41) is 6.56. The number of rotatable bonds is 1. The molecule has 1 aliphatic rings. The van der Waals surface area contributed by atoms with E-state index in [-0.39, 0.29) is 11.9 Å². The summed E-state index contributed by atoms with van der Waals surface area (Å²) >= 11 is 0. The van der Waals surface area contributed by atoms with Crippen molar-refractivity contribution in [2.45, 2.75) is 25.8 Å². The fourth-order valence-corrected chi connectivity index (χ4v) is 2.63. The Kier molecular flexibility index (Phi) is 3.42. The summed E-state index contributed by atoms with van der Waals surface area (Å²) in [6.07, 6.45) is 1.32. The molecule has 0 fully saturated rings. The Balaban J connectivity index is 1.99. The number of hydrogen-bond donors (Lipinski definition) is 2. The number of hydrogen-bond acceptors (Lipinski definition) is 2. The van der Waals surface area contributed by atoms with E-state index in [9.17, 15) is 4.79 Å². The molecule has 0 saturated carbocycles. The predicted octanol–water partition coefficient (Wildman–Crippen LogP) is 3.88. The number of nitrogens with one attached hydrogen (secondary N) is 2. The first-order valence-electron chi connectivity index (χ1n) is 6.95. The van der Waals surface area contributed by atoms with Crippen molar-refractivity contribution in [3.63, 3.8) is 0 Å². The lowest BCUT2D eigenvalue weighted by Crippen LogP contribution is -2.22. The first-order chi connectivity index (χ1) is 9.74. The highest BCUT2D eigenvalue weighted by molar-refractivity contribution is 5.96. The Morgan fingerprint density at radius 2 is 1.85 bits per heavy atom. The molecule has 0 aromatic heterocycles. The molecule has 2 N–H and O–H groups in total. The Bertz CT molecular complexity index is 622. The minimum atomic E-state index is 0.0861.